The summed E-state index contributed by atoms with van der Waals surface area (Å²) in [6.07, 6.45) is 0. The number of ether oxygens (including phenoxy) is 1. The highest BCUT2D eigenvalue weighted by Gasteiger charge is 2.22. The number of thiophene rings is 1. The molecular weight excluding hydrogens is 412 g/mol. The van der Waals surface area contributed by atoms with Gasteiger partial charge in [0.2, 0.25) is 5.91 Å². The Kier molecular flexibility index (Phi) is 6.78. The number of carbonyl (C=O) groups is 2. The molecule has 150 valence electrons. The van der Waals surface area contributed by atoms with Crippen molar-refractivity contribution in [1.29, 1.82) is 0 Å². The molecule has 3 aromatic rings. The van der Waals surface area contributed by atoms with Crippen molar-refractivity contribution in [3.63, 3.8) is 0 Å². The van der Waals surface area contributed by atoms with Crippen molar-refractivity contribution in [1.82, 2.24) is 15.2 Å². The summed E-state index contributed by atoms with van der Waals surface area (Å²) in [7, 11) is 0. The Morgan fingerprint density at radius 1 is 1.24 bits per heavy atom. The molecule has 0 spiro atoms. The number of nitrogens with one attached hydrogen (secondary N) is 2. The first-order valence-electron chi connectivity index (χ1n) is 8.70. The number of anilines is 1. The van der Waals surface area contributed by atoms with Crippen molar-refractivity contribution < 1.29 is 14.3 Å². The fourth-order valence-corrected chi connectivity index (χ4v) is 4.00. The Morgan fingerprint density at radius 2 is 2.00 bits per heavy atom. The normalized spacial score (nSPS) is 10.6. The predicted octanol–water partition coefficient (Wildman–Crippen LogP) is 3.11. The molecule has 8 nitrogen and oxygen atoms in total. The van der Waals surface area contributed by atoms with Gasteiger partial charge in [-0.2, -0.15) is 0 Å². The summed E-state index contributed by atoms with van der Waals surface area (Å²) >= 11 is 2.30. The Hall–Kier alpha value is -2.98. The lowest BCUT2D eigenvalue weighted by molar-refractivity contribution is -0.113. The van der Waals surface area contributed by atoms with Crippen LogP contribution in [0.5, 0.6) is 0 Å². The molecule has 1 aromatic carbocycles. The average Bonchev–Trinajstić information content (AvgIpc) is 3.13. The lowest BCUT2D eigenvalue weighted by Crippen LogP contribution is -2.18. The number of carbonyl (C=O) groups excluding carboxylic acids is 2. The second kappa shape index (κ2) is 9.48. The molecule has 2 N–H and O–H groups in total. The number of esters is 1. The van der Waals surface area contributed by atoms with E-state index in [1.807, 2.05) is 35.7 Å². The van der Waals surface area contributed by atoms with Gasteiger partial charge in [0, 0.05) is 10.9 Å². The van der Waals surface area contributed by atoms with Crippen molar-refractivity contribution in [2.75, 3.05) is 17.7 Å². The molecule has 2 heterocycles. The fraction of sp³-hybridized carbons (Fsp3) is 0.211. The van der Waals surface area contributed by atoms with Crippen LogP contribution in [0.4, 0.5) is 5.00 Å². The van der Waals surface area contributed by atoms with Gasteiger partial charge in [0.05, 0.1) is 12.4 Å². The molecule has 3 rings (SSSR count). The molecule has 0 radical (unpaired) electrons. The lowest BCUT2D eigenvalue weighted by Gasteiger charge is -2.08. The monoisotopic (exact) mass is 430 g/mol. The minimum Gasteiger partial charge on any atom is -0.462 e. The summed E-state index contributed by atoms with van der Waals surface area (Å²) < 4.78 is 5.18. The number of H-pyrrole nitrogens is 1. The van der Waals surface area contributed by atoms with E-state index in [4.69, 9.17) is 4.74 Å². The van der Waals surface area contributed by atoms with E-state index in [-0.39, 0.29) is 34.7 Å². The highest BCUT2D eigenvalue weighted by molar-refractivity contribution is 7.99. The Bertz CT molecular complexity index is 1080. The number of nitrogens with zero attached hydrogens (tertiary/aromatic N) is 2. The Morgan fingerprint density at radius 3 is 2.69 bits per heavy atom. The largest absolute Gasteiger partial charge is 0.462 e. The first kappa shape index (κ1) is 20.7. The number of aryl methyl sites for hydroxylation is 1. The summed E-state index contributed by atoms with van der Waals surface area (Å²) in [5, 5.41) is 12.8. The second-order valence-electron chi connectivity index (χ2n) is 5.82. The van der Waals surface area contributed by atoms with Crippen LogP contribution in [-0.4, -0.2) is 39.4 Å². The standard InChI is InChI=1S/C19H18N4O4S2/c1-3-27-18(26)15-13(12-7-5-4-6-8-12)9-28-17(15)20-14(24)10-29-19-21-16(25)11(2)22-23-19/h4-9H,3,10H2,1-2H3,(H,20,24)(H,21,23,25). The maximum absolute atomic E-state index is 12.5. The average molecular weight is 431 g/mol. The van der Waals surface area contributed by atoms with Gasteiger partial charge < -0.3 is 10.1 Å². The first-order chi connectivity index (χ1) is 14.0. The van der Waals surface area contributed by atoms with E-state index in [9.17, 15) is 14.4 Å². The lowest BCUT2D eigenvalue weighted by atomic mass is 10.0. The zero-order valence-electron chi connectivity index (χ0n) is 15.7. The van der Waals surface area contributed by atoms with E-state index >= 15 is 0 Å². The van der Waals surface area contributed by atoms with Crippen LogP contribution in [0.1, 0.15) is 23.0 Å². The fourth-order valence-electron chi connectivity index (χ4n) is 2.43. The van der Waals surface area contributed by atoms with E-state index in [1.54, 1.807) is 13.8 Å². The van der Waals surface area contributed by atoms with Gasteiger partial charge in [0.15, 0.2) is 5.16 Å². The number of hydrogen-bond donors (Lipinski definition) is 2. The maximum atomic E-state index is 12.5. The van der Waals surface area contributed by atoms with Crippen molar-refractivity contribution in [3.8, 4) is 11.1 Å². The number of rotatable bonds is 7. The summed E-state index contributed by atoms with van der Waals surface area (Å²) in [6.45, 7) is 3.50. The van der Waals surface area contributed by atoms with Crippen LogP contribution in [0, 0.1) is 6.92 Å². The van der Waals surface area contributed by atoms with E-state index in [2.05, 4.69) is 20.5 Å². The van der Waals surface area contributed by atoms with Gasteiger partial charge >= 0.3 is 5.97 Å². The van der Waals surface area contributed by atoms with E-state index in [0.29, 0.717) is 16.1 Å². The SMILES string of the molecule is CCOC(=O)c1c(-c2ccccc2)csc1NC(=O)CSc1nnc(C)c(=O)[nH]1. The molecule has 10 heteroatoms. The predicted molar refractivity (Wildman–Crippen MR) is 112 cm³/mol. The third kappa shape index (κ3) is 5.09. The Labute approximate surface area is 174 Å². The summed E-state index contributed by atoms with van der Waals surface area (Å²) in [6, 6.07) is 9.41. The third-order valence-electron chi connectivity index (χ3n) is 3.79. The van der Waals surface area contributed by atoms with Gasteiger partial charge in [-0.15, -0.1) is 21.5 Å². The van der Waals surface area contributed by atoms with Crippen LogP contribution in [0.2, 0.25) is 0 Å². The zero-order valence-corrected chi connectivity index (χ0v) is 17.4. The molecule has 0 aliphatic rings. The van der Waals surface area contributed by atoms with Gasteiger partial charge in [-0.1, -0.05) is 42.1 Å². The molecule has 2 aromatic heterocycles. The van der Waals surface area contributed by atoms with Crippen LogP contribution in [0.15, 0.2) is 45.7 Å². The number of thioether (sulfide) groups is 1. The summed E-state index contributed by atoms with van der Waals surface area (Å²) in [4.78, 5) is 39.0. The van der Waals surface area contributed by atoms with Crippen molar-refractivity contribution in [3.05, 3.63) is 57.3 Å². The van der Waals surface area contributed by atoms with Crippen LogP contribution >= 0.6 is 23.1 Å². The van der Waals surface area contributed by atoms with E-state index < -0.39 is 5.97 Å². The van der Waals surface area contributed by atoms with Gasteiger partial charge in [-0.25, -0.2) is 4.79 Å². The molecule has 1 amide bonds. The molecule has 0 bridgehead atoms. The quantitative estimate of drug-likeness (QED) is 0.437. The highest BCUT2D eigenvalue weighted by atomic mass is 32.2. The van der Waals surface area contributed by atoms with Crippen LogP contribution in [0.3, 0.4) is 0 Å². The molecule has 0 aliphatic carbocycles. The first-order valence-corrected chi connectivity index (χ1v) is 10.6. The Balaban J connectivity index is 1.78. The molecule has 0 saturated heterocycles. The van der Waals surface area contributed by atoms with Crippen molar-refractivity contribution in [2.24, 2.45) is 0 Å². The van der Waals surface area contributed by atoms with Gasteiger partial charge in [-0.3, -0.25) is 14.6 Å². The molecule has 29 heavy (non-hydrogen) atoms. The van der Waals surface area contributed by atoms with Crippen molar-refractivity contribution >= 4 is 40.0 Å². The minimum absolute atomic E-state index is 0.00544. The number of amides is 1. The number of benzene rings is 1. The molecule has 0 saturated carbocycles. The van der Waals surface area contributed by atoms with Gasteiger partial charge in [0.25, 0.3) is 5.56 Å². The highest BCUT2D eigenvalue weighted by Crippen LogP contribution is 2.36. The minimum atomic E-state index is -0.496. The second-order valence-corrected chi connectivity index (χ2v) is 7.67. The molecule has 0 aliphatic heterocycles. The molecule has 0 fully saturated rings. The molecule has 0 atom stereocenters. The molecule has 0 unspecified atom stereocenters. The zero-order chi connectivity index (χ0) is 20.8. The van der Waals surface area contributed by atoms with Crippen LogP contribution < -0.4 is 10.9 Å². The van der Waals surface area contributed by atoms with E-state index in [0.717, 1.165) is 17.3 Å². The third-order valence-corrected chi connectivity index (χ3v) is 5.55. The van der Waals surface area contributed by atoms with Crippen molar-refractivity contribution in [2.45, 2.75) is 19.0 Å². The van der Waals surface area contributed by atoms with Gasteiger partial charge in [-0.05, 0) is 19.4 Å². The molecular formula is C19H18N4O4S2. The number of aromatic amines is 1. The topological polar surface area (TPSA) is 114 Å². The number of aromatic nitrogens is 3. The van der Waals surface area contributed by atoms with Crippen LogP contribution in [-0.2, 0) is 9.53 Å². The van der Waals surface area contributed by atoms with Gasteiger partial charge in [0.1, 0.15) is 16.3 Å². The summed E-state index contributed by atoms with van der Waals surface area (Å²) in [5.74, 6) is -0.844. The smallest absolute Gasteiger partial charge is 0.341 e. The van der Waals surface area contributed by atoms with E-state index in [1.165, 1.54) is 11.3 Å². The van der Waals surface area contributed by atoms with Crippen LogP contribution in [0.25, 0.3) is 11.1 Å². The number of hydrogen-bond acceptors (Lipinski definition) is 8. The maximum Gasteiger partial charge on any atom is 0.341 e. The summed E-state index contributed by atoms with van der Waals surface area (Å²) in [5.41, 5.74) is 1.79.